The van der Waals surface area contributed by atoms with E-state index >= 15 is 4.39 Å². The Morgan fingerprint density at radius 1 is 1.12 bits per heavy atom. The Kier molecular flexibility index (Phi) is 5.83. The molecule has 0 saturated heterocycles. The van der Waals surface area contributed by atoms with Crippen LogP contribution in [0.15, 0.2) is 23.3 Å². The van der Waals surface area contributed by atoms with Crippen molar-refractivity contribution in [3.05, 3.63) is 23.3 Å². The predicted octanol–water partition coefficient (Wildman–Crippen LogP) is 6.93. The van der Waals surface area contributed by atoms with Crippen LogP contribution in [-0.4, -0.2) is 17.2 Å². The second-order valence-corrected chi connectivity index (χ2v) is 12.9. The summed E-state index contributed by atoms with van der Waals surface area (Å²) in [5, 5.41) is 9.66. The lowest BCUT2D eigenvalue weighted by Gasteiger charge is -2.58. The fourth-order valence-corrected chi connectivity index (χ4v) is 8.01. The summed E-state index contributed by atoms with van der Waals surface area (Å²) in [5.41, 5.74) is -0.690. The maximum atomic E-state index is 16.1. The van der Waals surface area contributed by atoms with Crippen molar-refractivity contribution < 1.29 is 14.0 Å². The highest BCUT2D eigenvalue weighted by Crippen LogP contribution is 2.64. The highest BCUT2D eigenvalue weighted by atomic mass is 19.1. The molecule has 2 saturated carbocycles. The van der Waals surface area contributed by atoms with Crippen molar-refractivity contribution in [1.82, 2.24) is 0 Å². The van der Waals surface area contributed by atoms with Crippen LogP contribution in [0.25, 0.3) is 0 Å². The third-order valence-corrected chi connectivity index (χ3v) is 10.0. The summed E-state index contributed by atoms with van der Waals surface area (Å²) in [6.45, 7) is 12.8. The molecule has 0 spiro atoms. The average Bonchev–Trinajstić information content (AvgIpc) is 2.74. The van der Waals surface area contributed by atoms with Crippen LogP contribution in [0, 0.1) is 51.2 Å². The Hall–Kier alpha value is -1.76. The van der Waals surface area contributed by atoms with Gasteiger partial charge in [-0.15, -0.1) is 0 Å². The van der Waals surface area contributed by atoms with Gasteiger partial charge in [-0.3, -0.25) is 9.59 Å². The van der Waals surface area contributed by atoms with E-state index in [0.29, 0.717) is 19.3 Å². The van der Waals surface area contributed by atoms with Crippen molar-refractivity contribution in [3.8, 4) is 6.07 Å². The van der Waals surface area contributed by atoms with Crippen molar-refractivity contribution in [2.45, 2.75) is 98.6 Å². The molecule has 4 rings (SSSR count). The molecule has 0 radical (unpaired) electrons. The first-order valence-electron chi connectivity index (χ1n) is 12.9. The van der Waals surface area contributed by atoms with Crippen LogP contribution in [0.4, 0.5) is 4.39 Å². The number of alkyl halides is 1. The molecule has 0 heterocycles. The third-order valence-electron chi connectivity index (χ3n) is 10.0. The highest BCUT2D eigenvalue weighted by Gasteiger charge is 2.61. The first kappa shape index (κ1) is 24.4. The van der Waals surface area contributed by atoms with Gasteiger partial charge in [-0.1, -0.05) is 59.6 Å². The number of carbonyl (C=O) groups excluding carboxylic acids is 2. The molecule has 0 aliphatic heterocycles. The lowest BCUT2D eigenvalue weighted by molar-refractivity contribution is -0.150. The van der Waals surface area contributed by atoms with Gasteiger partial charge >= 0.3 is 0 Å². The highest BCUT2D eigenvalue weighted by molar-refractivity contribution is 6.02. The van der Waals surface area contributed by atoms with Gasteiger partial charge in [0.25, 0.3) is 0 Å². The minimum Gasteiger partial charge on any atom is -0.295 e. The van der Waals surface area contributed by atoms with Crippen molar-refractivity contribution in [2.24, 2.45) is 39.9 Å². The van der Waals surface area contributed by atoms with E-state index in [1.54, 1.807) is 6.08 Å². The predicted molar refractivity (Wildman–Crippen MR) is 128 cm³/mol. The van der Waals surface area contributed by atoms with E-state index < -0.39 is 11.1 Å². The van der Waals surface area contributed by atoms with Crippen LogP contribution >= 0.6 is 0 Å². The number of nitrogens with zero attached hydrogens (tertiary/aromatic N) is 1. The topological polar surface area (TPSA) is 57.9 Å². The fourth-order valence-electron chi connectivity index (χ4n) is 8.01. The molecule has 2 fully saturated rings. The van der Waals surface area contributed by atoms with E-state index in [4.69, 9.17) is 0 Å². The molecule has 0 aromatic carbocycles. The molecule has 3 nitrogen and oxygen atoms in total. The van der Waals surface area contributed by atoms with Gasteiger partial charge < -0.3 is 0 Å². The molecule has 0 aromatic heterocycles. The fraction of sp³-hybridized carbons (Fsp3) is 0.759. The zero-order valence-electron chi connectivity index (χ0n) is 21.3. The summed E-state index contributed by atoms with van der Waals surface area (Å²) < 4.78 is 16.1. The summed E-state index contributed by atoms with van der Waals surface area (Å²) in [5.74, 6) is -0.707. The number of hydrogen-bond acceptors (Lipinski definition) is 3. The summed E-state index contributed by atoms with van der Waals surface area (Å²) >= 11 is 0. The van der Waals surface area contributed by atoms with Crippen LogP contribution < -0.4 is 0 Å². The first-order chi connectivity index (χ1) is 15.3. The molecular weight excluding hydrogens is 413 g/mol. The smallest absolute Gasteiger partial charge is 0.176 e. The number of hydrogen-bond donors (Lipinski definition) is 0. The monoisotopic (exact) mass is 453 g/mol. The minimum absolute atomic E-state index is 0.0590. The summed E-state index contributed by atoms with van der Waals surface area (Å²) in [6.07, 6.45) is 9.65. The summed E-state index contributed by atoms with van der Waals surface area (Å²) in [7, 11) is 0. The molecule has 0 bridgehead atoms. The van der Waals surface area contributed by atoms with Crippen molar-refractivity contribution in [1.29, 1.82) is 5.26 Å². The number of fused-ring (bicyclic) bond motifs is 3. The first-order valence-corrected chi connectivity index (χ1v) is 12.9. The largest absolute Gasteiger partial charge is 0.295 e. The molecule has 0 N–H and O–H groups in total. The van der Waals surface area contributed by atoms with Gasteiger partial charge in [0.15, 0.2) is 11.6 Å². The van der Waals surface area contributed by atoms with E-state index in [-0.39, 0.29) is 51.6 Å². The Labute approximate surface area is 198 Å². The number of halogens is 1. The van der Waals surface area contributed by atoms with Crippen LogP contribution in [0.3, 0.4) is 0 Å². The summed E-state index contributed by atoms with van der Waals surface area (Å²) in [6, 6.07) is 2.12. The lowest BCUT2D eigenvalue weighted by atomic mass is 9.46. The number of allylic oxidation sites excluding steroid dienone is 4. The molecule has 180 valence electrons. The molecule has 0 aromatic rings. The van der Waals surface area contributed by atoms with E-state index in [1.807, 2.05) is 13.0 Å². The van der Waals surface area contributed by atoms with E-state index in [9.17, 15) is 14.9 Å². The Balaban J connectivity index is 1.78. The zero-order valence-corrected chi connectivity index (χ0v) is 21.3. The number of ketones is 2. The van der Waals surface area contributed by atoms with Gasteiger partial charge in [-0.2, -0.15) is 5.26 Å². The standard InChI is InChI=1S/C29H40FNO2/c1-7-8-21-18(2)25(33)19(17-31)14-28(21,6)20-13-23(32)24-22-16-26(3,4)9-11-29(22,30)12-10-27(24,5)15-20/h13-14,18,21-22,24H,7-12,15-16H2,1-6H3/t18-,21-,22?,24?,27-,28+,29-/m0/s1. The quantitative estimate of drug-likeness (QED) is 0.465. The van der Waals surface area contributed by atoms with Crippen molar-refractivity contribution in [3.63, 3.8) is 0 Å². The lowest BCUT2D eigenvalue weighted by Crippen LogP contribution is -2.57. The number of Topliss-reactive ketones (excluding diaryl/α,β-unsaturated/α-hetero) is 1. The van der Waals surface area contributed by atoms with Gasteiger partial charge in [0.1, 0.15) is 11.7 Å². The normalized spacial score (nSPS) is 44.8. The van der Waals surface area contributed by atoms with Crippen LogP contribution in [0.5, 0.6) is 0 Å². The third kappa shape index (κ3) is 3.75. The Bertz CT molecular complexity index is 971. The van der Waals surface area contributed by atoms with Gasteiger partial charge in [0.05, 0.1) is 5.57 Å². The van der Waals surface area contributed by atoms with Crippen molar-refractivity contribution in [2.75, 3.05) is 0 Å². The summed E-state index contributed by atoms with van der Waals surface area (Å²) in [4.78, 5) is 26.6. The number of carbonyl (C=O) groups is 2. The second kappa shape index (κ2) is 7.89. The molecule has 2 unspecified atom stereocenters. The minimum atomic E-state index is -1.23. The molecular formula is C29H40FNO2. The molecule has 33 heavy (non-hydrogen) atoms. The Morgan fingerprint density at radius 3 is 2.42 bits per heavy atom. The number of rotatable bonds is 3. The molecule has 4 aliphatic rings. The van der Waals surface area contributed by atoms with Crippen LogP contribution in [0.1, 0.15) is 92.9 Å². The average molecular weight is 454 g/mol. The van der Waals surface area contributed by atoms with Gasteiger partial charge in [0, 0.05) is 23.2 Å². The van der Waals surface area contributed by atoms with E-state index in [0.717, 1.165) is 37.7 Å². The molecule has 0 amide bonds. The maximum absolute atomic E-state index is 16.1. The molecule has 4 heteroatoms. The van der Waals surface area contributed by atoms with E-state index in [1.165, 1.54) is 0 Å². The maximum Gasteiger partial charge on any atom is 0.176 e. The Morgan fingerprint density at radius 2 is 1.79 bits per heavy atom. The van der Waals surface area contributed by atoms with Crippen LogP contribution in [0.2, 0.25) is 0 Å². The van der Waals surface area contributed by atoms with Crippen molar-refractivity contribution >= 4 is 11.6 Å². The molecule has 4 aliphatic carbocycles. The SMILES string of the molecule is CCC[C@H]1[C@H](C)C(=O)C(C#N)=C[C@]1(C)C1=CC(=O)C2C3CC(C)(C)CC[C@]3(F)CC[C@@]2(C)C1. The van der Waals surface area contributed by atoms with Gasteiger partial charge in [-0.25, -0.2) is 4.39 Å². The van der Waals surface area contributed by atoms with Crippen LogP contribution in [-0.2, 0) is 9.59 Å². The van der Waals surface area contributed by atoms with Gasteiger partial charge in [-0.05, 0) is 67.8 Å². The molecule has 7 atom stereocenters. The van der Waals surface area contributed by atoms with E-state index in [2.05, 4.69) is 40.7 Å². The number of nitriles is 1. The second-order valence-electron chi connectivity index (χ2n) is 12.9. The zero-order chi connectivity index (χ0) is 24.4. The van der Waals surface area contributed by atoms with Gasteiger partial charge in [0.2, 0.25) is 0 Å².